The fraction of sp³-hybridized carbons (Fsp3) is 0.909. The first kappa shape index (κ1) is 12.5. The van der Waals surface area contributed by atoms with E-state index in [0.717, 1.165) is 12.8 Å². The summed E-state index contributed by atoms with van der Waals surface area (Å²) in [4.78, 5) is 11.7. The summed E-state index contributed by atoms with van der Waals surface area (Å²) in [6, 6.07) is 0.0479. The van der Waals surface area contributed by atoms with E-state index in [1.807, 2.05) is 13.8 Å². The molecule has 0 radical (unpaired) electrons. The van der Waals surface area contributed by atoms with E-state index in [2.05, 4.69) is 5.32 Å². The van der Waals surface area contributed by atoms with Crippen molar-refractivity contribution < 1.29 is 14.6 Å². The number of carbonyl (C=O) groups excluding carboxylic acids is 1. The van der Waals surface area contributed by atoms with E-state index in [0.29, 0.717) is 18.9 Å². The standard InChI is InChI=1S/C11H21NO3/c1-8(2)9(5-6-13)12-11(14)10-4-3-7-15-10/h8-10,13H,3-7H2,1-2H3,(H,12,14)/t9?,10-/m1/s1. The van der Waals surface area contributed by atoms with Gasteiger partial charge in [0.2, 0.25) is 5.91 Å². The van der Waals surface area contributed by atoms with Crippen LogP contribution in [-0.2, 0) is 9.53 Å². The zero-order chi connectivity index (χ0) is 11.3. The molecule has 0 saturated carbocycles. The van der Waals surface area contributed by atoms with Crippen molar-refractivity contribution in [1.82, 2.24) is 5.32 Å². The molecule has 1 heterocycles. The van der Waals surface area contributed by atoms with Gasteiger partial charge in [0, 0.05) is 19.3 Å². The summed E-state index contributed by atoms with van der Waals surface area (Å²) >= 11 is 0. The Morgan fingerprint density at radius 2 is 2.33 bits per heavy atom. The molecular weight excluding hydrogens is 194 g/mol. The van der Waals surface area contributed by atoms with Gasteiger partial charge in [-0.1, -0.05) is 13.8 Å². The predicted molar refractivity (Wildman–Crippen MR) is 57.4 cm³/mol. The number of rotatable bonds is 5. The van der Waals surface area contributed by atoms with Gasteiger partial charge in [0.25, 0.3) is 0 Å². The van der Waals surface area contributed by atoms with Crippen molar-refractivity contribution in [2.24, 2.45) is 5.92 Å². The average molecular weight is 215 g/mol. The highest BCUT2D eigenvalue weighted by molar-refractivity contribution is 5.81. The number of hydrogen-bond donors (Lipinski definition) is 2. The molecule has 0 spiro atoms. The lowest BCUT2D eigenvalue weighted by Gasteiger charge is -2.23. The first-order chi connectivity index (χ1) is 7.15. The second kappa shape index (κ2) is 6.08. The van der Waals surface area contributed by atoms with E-state index in [9.17, 15) is 4.79 Å². The monoisotopic (exact) mass is 215 g/mol. The quantitative estimate of drug-likeness (QED) is 0.709. The Kier molecular flexibility index (Phi) is 5.05. The summed E-state index contributed by atoms with van der Waals surface area (Å²) in [6.45, 7) is 4.87. The van der Waals surface area contributed by atoms with Crippen LogP contribution in [0, 0.1) is 5.92 Å². The molecule has 0 aromatic heterocycles. The van der Waals surface area contributed by atoms with Gasteiger partial charge in [-0.2, -0.15) is 0 Å². The third kappa shape index (κ3) is 3.80. The van der Waals surface area contributed by atoms with Gasteiger partial charge in [0.05, 0.1) is 0 Å². The van der Waals surface area contributed by atoms with Crippen molar-refractivity contribution in [2.45, 2.75) is 45.3 Å². The van der Waals surface area contributed by atoms with E-state index in [1.165, 1.54) is 0 Å². The van der Waals surface area contributed by atoms with Crippen molar-refractivity contribution in [2.75, 3.05) is 13.2 Å². The number of nitrogens with one attached hydrogen (secondary N) is 1. The molecular formula is C11H21NO3. The molecule has 0 aromatic carbocycles. The van der Waals surface area contributed by atoms with Gasteiger partial charge in [-0.3, -0.25) is 4.79 Å². The minimum atomic E-state index is -0.273. The van der Waals surface area contributed by atoms with Crippen LogP contribution in [0.3, 0.4) is 0 Å². The second-order valence-corrected chi connectivity index (χ2v) is 4.37. The molecule has 1 aliphatic rings. The molecule has 1 amide bonds. The van der Waals surface area contributed by atoms with Crippen LogP contribution in [0.4, 0.5) is 0 Å². The minimum Gasteiger partial charge on any atom is -0.396 e. The average Bonchev–Trinajstić information content (AvgIpc) is 2.69. The summed E-state index contributed by atoms with van der Waals surface area (Å²) in [6.07, 6.45) is 2.11. The number of aliphatic hydroxyl groups excluding tert-OH is 1. The molecule has 1 aliphatic heterocycles. The maximum Gasteiger partial charge on any atom is 0.249 e. The first-order valence-electron chi connectivity index (χ1n) is 5.68. The normalized spacial score (nSPS) is 23.1. The lowest BCUT2D eigenvalue weighted by molar-refractivity contribution is -0.131. The SMILES string of the molecule is CC(C)C(CCO)NC(=O)[C@H]1CCCO1. The Balaban J connectivity index is 2.38. The lowest BCUT2D eigenvalue weighted by atomic mass is 10.0. The van der Waals surface area contributed by atoms with Gasteiger partial charge in [0.15, 0.2) is 0 Å². The van der Waals surface area contributed by atoms with E-state index in [4.69, 9.17) is 9.84 Å². The Morgan fingerprint density at radius 1 is 1.60 bits per heavy atom. The Bertz CT molecular complexity index is 200. The number of hydrogen-bond acceptors (Lipinski definition) is 3. The Hall–Kier alpha value is -0.610. The van der Waals surface area contributed by atoms with Gasteiger partial charge in [-0.05, 0) is 25.2 Å². The van der Waals surface area contributed by atoms with Crippen LogP contribution in [0.1, 0.15) is 33.1 Å². The topological polar surface area (TPSA) is 58.6 Å². The summed E-state index contributed by atoms with van der Waals surface area (Å²) in [7, 11) is 0. The van der Waals surface area contributed by atoms with Gasteiger partial charge < -0.3 is 15.2 Å². The first-order valence-corrected chi connectivity index (χ1v) is 5.68. The fourth-order valence-corrected chi connectivity index (χ4v) is 1.77. The number of ether oxygens (including phenoxy) is 1. The highest BCUT2D eigenvalue weighted by Crippen LogP contribution is 2.13. The molecule has 1 saturated heterocycles. The van der Waals surface area contributed by atoms with Crippen LogP contribution in [0.15, 0.2) is 0 Å². The third-order valence-corrected chi connectivity index (χ3v) is 2.79. The molecule has 2 atom stereocenters. The fourth-order valence-electron chi connectivity index (χ4n) is 1.77. The molecule has 1 fully saturated rings. The van der Waals surface area contributed by atoms with Gasteiger partial charge in [-0.15, -0.1) is 0 Å². The molecule has 0 bridgehead atoms. The van der Waals surface area contributed by atoms with Crippen LogP contribution in [0.5, 0.6) is 0 Å². The molecule has 0 aromatic rings. The summed E-state index contributed by atoms with van der Waals surface area (Å²) in [5.74, 6) is 0.308. The smallest absolute Gasteiger partial charge is 0.249 e. The van der Waals surface area contributed by atoms with E-state index >= 15 is 0 Å². The van der Waals surface area contributed by atoms with Crippen LogP contribution < -0.4 is 5.32 Å². The third-order valence-electron chi connectivity index (χ3n) is 2.79. The zero-order valence-corrected chi connectivity index (χ0v) is 9.53. The largest absolute Gasteiger partial charge is 0.396 e. The molecule has 4 heteroatoms. The van der Waals surface area contributed by atoms with E-state index in [-0.39, 0.29) is 24.7 Å². The summed E-state index contributed by atoms with van der Waals surface area (Å²) < 4.78 is 5.30. The zero-order valence-electron chi connectivity index (χ0n) is 9.53. The van der Waals surface area contributed by atoms with Crippen molar-refractivity contribution >= 4 is 5.91 Å². The number of amides is 1. The van der Waals surface area contributed by atoms with Gasteiger partial charge in [0.1, 0.15) is 6.10 Å². The van der Waals surface area contributed by atoms with Crippen LogP contribution in [0.25, 0.3) is 0 Å². The summed E-state index contributed by atoms with van der Waals surface area (Å²) in [5, 5.41) is 11.8. The van der Waals surface area contributed by atoms with Gasteiger partial charge in [-0.25, -0.2) is 0 Å². The Labute approximate surface area is 91.0 Å². The molecule has 1 rings (SSSR count). The highest BCUT2D eigenvalue weighted by Gasteiger charge is 2.26. The lowest BCUT2D eigenvalue weighted by Crippen LogP contribution is -2.44. The van der Waals surface area contributed by atoms with Crippen LogP contribution in [0.2, 0.25) is 0 Å². The van der Waals surface area contributed by atoms with Crippen molar-refractivity contribution in [3.63, 3.8) is 0 Å². The molecule has 0 aliphatic carbocycles. The van der Waals surface area contributed by atoms with Gasteiger partial charge >= 0.3 is 0 Å². The molecule has 4 nitrogen and oxygen atoms in total. The highest BCUT2D eigenvalue weighted by atomic mass is 16.5. The Morgan fingerprint density at radius 3 is 2.80 bits per heavy atom. The summed E-state index contributed by atoms with van der Waals surface area (Å²) in [5.41, 5.74) is 0. The van der Waals surface area contributed by atoms with Crippen LogP contribution in [-0.4, -0.2) is 36.4 Å². The number of aliphatic hydroxyl groups is 1. The minimum absolute atomic E-state index is 0.0281. The predicted octanol–water partition coefficient (Wildman–Crippen LogP) is 0.689. The molecule has 1 unspecified atom stereocenters. The second-order valence-electron chi connectivity index (χ2n) is 4.37. The van der Waals surface area contributed by atoms with E-state index in [1.54, 1.807) is 0 Å². The van der Waals surface area contributed by atoms with Crippen molar-refractivity contribution in [3.05, 3.63) is 0 Å². The molecule has 2 N–H and O–H groups in total. The molecule has 88 valence electrons. The molecule has 15 heavy (non-hydrogen) atoms. The van der Waals surface area contributed by atoms with Crippen molar-refractivity contribution in [3.8, 4) is 0 Å². The number of carbonyl (C=O) groups is 1. The maximum atomic E-state index is 11.7. The van der Waals surface area contributed by atoms with Crippen molar-refractivity contribution in [1.29, 1.82) is 0 Å². The van der Waals surface area contributed by atoms with E-state index < -0.39 is 0 Å². The maximum absolute atomic E-state index is 11.7. The van der Waals surface area contributed by atoms with Crippen LogP contribution >= 0.6 is 0 Å².